The minimum Gasteiger partial charge on any atom is -0.445 e. The average Bonchev–Trinajstić information content (AvgIpc) is 3.60. The van der Waals surface area contributed by atoms with E-state index in [1.807, 2.05) is 11.8 Å². The summed E-state index contributed by atoms with van der Waals surface area (Å²) in [5, 5.41) is 24.5. The van der Waals surface area contributed by atoms with E-state index in [4.69, 9.17) is 26.4 Å². The number of rotatable bonds is 14. The largest absolute Gasteiger partial charge is 0.508 e. The van der Waals surface area contributed by atoms with Crippen LogP contribution in [0.3, 0.4) is 0 Å². The van der Waals surface area contributed by atoms with Crippen molar-refractivity contribution >= 4 is 52.7 Å². The van der Waals surface area contributed by atoms with Crippen molar-refractivity contribution in [1.29, 1.82) is 0 Å². The zero-order chi connectivity index (χ0) is 38.1. The molecule has 18 heteroatoms. The van der Waals surface area contributed by atoms with Crippen LogP contribution in [0.25, 0.3) is 0 Å². The fourth-order valence-electron chi connectivity index (χ4n) is 6.96. The van der Waals surface area contributed by atoms with Gasteiger partial charge in [-0.2, -0.15) is 0 Å². The summed E-state index contributed by atoms with van der Waals surface area (Å²) in [6.07, 6.45) is 0.863. The molecule has 17 nitrogen and oxygen atoms in total. The normalized spacial score (nSPS) is 20.5. The second-order valence-electron chi connectivity index (χ2n) is 12.9. The van der Waals surface area contributed by atoms with Crippen LogP contribution in [-0.2, 0) is 37.0 Å². The molecule has 0 aliphatic carbocycles. The van der Waals surface area contributed by atoms with Gasteiger partial charge in [0.2, 0.25) is 11.8 Å². The summed E-state index contributed by atoms with van der Waals surface area (Å²) in [5.41, 5.74) is 0.966. The topological polar surface area (TPSA) is 195 Å². The summed E-state index contributed by atoms with van der Waals surface area (Å²) in [6, 6.07) is 10.3. The van der Waals surface area contributed by atoms with E-state index >= 15 is 0 Å². The number of likely N-dealkylation sites (tertiary alicyclic amines) is 2. The third-order valence-electron chi connectivity index (χ3n) is 9.87. The average molecular weight is 753 g/mol. The maximum Gasteiger partial charge on any atom is 0.508 e. The first kappa shape index (κ1) is 38.8. The number of ether oxygens (including phenoxy) is 3. The Morgan fingerprint density at radius 1 is 0.925 bits per heavy atom. The number of nitrogens with zero attached hydrogens (tertiary/aromatic N) is 6. The quantitative estimate of drug-likeness (QED) is 0.0892. The van der Waals surface area contributed by atoms with Crippen molar-refractivity contribution in [2.75, 3.05) is 52.4 Å². The number of hydrogen-bond acceptors (Lipinski definition) is 13. The predicted molar refractivity (Wildman–Crippen MR) is 191 cm³/mol. The predicted octanol–water partition coefficient (Wildman–Crippen LogP) is 3.72. The number of carbonyl (C=O) groups is 4. The molecule has 53 heavy (non-hydrogen) atoms. The van der Waals surface area contributed by atoms with Crippen LogP contribution < -0.4 is 0 Å². The van der Waals surface area contributed by atoms with Gasteiger partial charge in [0.25, 0.3) is 11.4 Å². The lowest BCUT2D eigenvalue weighted by atomic mass is 9.78. The number of β-lactam (4-membered cyclic amide) rings is 1. The van der Waals surface area contributed by atoms with Crippen molar-refractivity contribution in [2.24, 2.45) is 11.8 Å². The van der Waals surface area contributed by atoms with E-state index in [0.717, 1.165) is 0 Å². The number of benzene rings is 2. The number of nitro groups is 2. The first-order valence-corrected chi connectivity index (χ1v) is 17.6. The van der Waals surface area contributed by atoms with Gasteiger partial charge in [-0.05, 0) is 72.9 Å². The Bertz CT molecular complexity index is 1730. The van der Waals surface area contributed by atoms with Crippen LogP contribution in [-0.4, -0.2) is 123 Å². The fraction of sp³-hybridized carbons (Fsp3) is 0.486. The molecular formula is C35H40N6O11S. The number of carbonyl (C=O) groups excluding carboxylic acids is 4. The van der Waals surface area contributed by atoms with Crippen molar-refractivity contribution in [1.82, 2.24) is 19.6 Å². The summed E-state index contributed by atoms with van der Waals surface area (Å²) < 4.78 is 15.9. The number of nitro benzene ring substituents is 2. The molecule has 0 saturated carbocycles. The molecule has 282 valence electrons. The molecule has 2 aromatic carbocycles. The van der Waals surface area contributed by atoms with Crippen molar-refractivity contribution in [3.63, 3.8) is 0 Å². The highest BCUT2D eigenvalue weighted by Gasteiger charge is 2.49. The highest BCUT2D eigenvalue weighted by atomic mass is 32.1. The van der Waals surface area contributed by atoms with Gasteiger partial charge >= 0.3 is 12.2 Å². The van der Waals surface area contributed by atoms with Crippen LogP contribution in [0.1, 0.15) is 30.9 Å². The molecule has 0 radical (unpaired) electrons. The van der Waals surface area contributed by atoms with E-state index in [0.29, 0.717) is 63.2 Å². The zero-order valence-electron chi connectivity index (χ0n) is 29.1. The molecule has 3 saturated heterocycles. The van der Waals surface area contributed by atoms with Crippen molar-refractivity contribution in [2.45, 2.75) is 45.1 Å². The summed E-state index contributed by atoms with van der Waals surface area (Å²) in [6.45, 7) is 4.59. The third-order valence-corrected chi connectivity index (χ3v) is 10.0. The Labute approximate surface area is 310 Å². The molecule has 0 N–H and O–H groups in total. The fourth-order valence-corrected chi connectivity index (χ4v) is 7.11. The van der Waals surface area contributed by atoms with Crippen LogP contribution in [0, 0.1) is 32.1 Å². The van der Waals surface area contributed by atoms with Crippen LogP contribution in [0.4, 0.5) is 21.0 Å². The lowest BCUT2D eigenvalue weighted by Gasteiger charge is -2.45. The third kappa shape index (κ3) is 9.71. The van der Waals surface area contributed by atoms with Gasteiger partial charge in [-0.3, -0.25) is 39.6 Å². The smallest absolute Gasteiger partial charge is 0.445 e. The highest BCUT2D eigenvalue weighted by molar-refractivity contribution is 7.78. The SMILES string of the molecule is CCN1C(=O)CC1C(C=C=S)[C@@H]1C[C@@H](C(=O)N2CCN(CCOC(=O)OCc3ccc([N+](=O)[O-])cc3)CC2)N(C(=O)OCc2ccc([N+](=O)[O-])cc2)C1. The summed E-state index contributed by atoms with van der Waals surface area (Å²) >= 11 is 5.05. The van der Waals surface area contributed by atoms with E-state index in [2.05, 4.69) is 5.02 Å². The molecule has 5 rings (SSSR count). The number of thiocarbonyl (C=S) groups is 1. The number of non-ortho nitro benzene ring substituents is 2. The summed E-state index contributed by atoms with van der Waals surface area (Å²) in [7, 11) is 0. The molecular weight excluding hydrogens is 712 g/mol. The molecule has 0 bridgehead atoms. The van der Waals surface area contributed by atoms with Crippen molar-refractivity contribution in [3.05, 3.63) is 86.0 Å². The Morgan fingerprint density at radius 2 is 1.51 bits per heavy atom. The Balaban J connectivity index is 1.15. The van der Waals surface area contributed by atoms with Crippen LogP contribution in [0.2, 0.25) is 0 Å². The standard InChI is InChI=1S/C35H40N6O11S/c1-2-38-30(20-32(38)42)29(11-18-53)26-19-31(39(21-26)34(44)51-22-24-3-7-27(8-4-24)40(46)47)33(43)37-14-12-36(13-15-37)16-17-50-35(45)52-23-25-5-9-28(10-6-25)41(48)49/h3-11,26,29-31H,2,12-17,19-23H2,1H3/t26-,29?,30?,31+/m1/s1. The number of piperazine rings is 1. The lowest BCUT2D eigenvalue weighted by Crippen LogP contribution is -2.57. The first-order valence-electron chi connectivity index (χ1n) is 17.2. The van der Waals surface area contributed by atoms with Crippen LogP contribution in [0.5, 0.6) is 0 Å². The maximum absolute atomic E-state index is 14.1. The molecule has 3 aliphatic heterocycles. The van der Waals surface area contributed by atoms with Gasteiger partial charge < -0.3 is 24.0 Å². The molecule has 2 aromatic rings. The molecule has 3 heterocycles. The molecule has 0 aromatic heterocycles. The van der Waals surface area contributed by atoms with Gasteiger partial charge in [0.15, 0.2) is 0 Å². The number of amides is 3. The first-order chi connectivity index (χ1) is 25.5. The van der Waals surface area contributed by atoms with E-state index in [9.17, 15) is 39.4 Å². The van der Waals surface area contributed by atoms with E-state index in [-0.39, 0.29) is 67.4 Å². The molecule has 3 fully saturated rings. The Hall–Kier alpha value is -5.45. The molecule has 0 spiro atoms. The lowest BCUT2D eigenvalue weighted by molar-refractivity contribution is -0.385. The number of hydrogen-bond donors (Lipinski definition) is 0. The summed E-state index contributed by atoms with van der Waals surface area (Å²) in [5.74, 6) is -0.608. The Kier molecular flexibility index (Phi) is 13.1. The van der Waals surface area contributed by atoms with Gasteiger partial charge in [0, 0.05) is 88.5 Å². The molecule has 3 aliphatic rings. The maximum atomic E-state index is 14.1. The highest BCUT2D eigenvalue weighted by Crippen LogP contribution is 2.39. The molecule has 3 amide bonds. The molecule has 4 atom stereocenters. The minimum absolute atomic E-state index is 0.0349. The second kappa shape index (κ2) is 17.9. The van der Waals surface area contributed by atoms with Gasteiger partial charge in [-0.1, -0.05) is 5.02 Å². The van der Waals surface area contributed by atoms with Crippen molar-refractivity contribution < 1.29 is 43.2 Å². The van der Waals surface area contributed by atoms with Crippen LogP contribution in [0.15, 0.2) is 54.6 Å². The van der Waals surface area contributed by atoms with E-state index in [1.54, 1.807) is 15.9 Å². The van der Waals surface area contributed by atoms with Crippen LogP contribution >= 0.6 is 12.2 Å². The van der Waals surface area contributed by atoms with Crippen molar-refractivity contribution in [3.8, 4) is 0 Å². The minimum atomic E-state index is -0.872. The summed E-state index contributed by atoms with van der Waals surface area (Å²) in [4.78, 5) is 79.7. The van der Waals surface area contributed by atoms with E-state index < -0.39 is 28.1 Å². The second-order valence-corrected chi connectivity index (χ2v) is 13.2. The van der Waals surface area contributed by atoms with Gasteiger partial charge in [0.05, 0.1) is 9.85 Å². The van der Waals surface area contributed by atoms with E-state index in [1.165, 1.54) is 53.4 Å². The van der Waals surface area contributed by atoms with Gasteiger partial charge in [-0.15, -0.1) is 0 Å². The van der Waals surface area contributed by atoms with Gasteiger partial charge in [0.1, 0.15) is 25.9 Å². The monoisotopic (exact) mass is 752 g/mol. The molecule has 2 unspecified atom stereocenters. The Morgan fingerprint density at radius 3 is 2.04 bits per heavy atom. The van der Waals surface area contributed by atoms with Gasteiger partial charge in [-0.25, -0.2) is 9.59 Å². The zero-order valence-corrected chi connectivity index (χ0v) is 29.9.